The maximum absolute atomic E-state index is 13.3. The minimum Gasteiger partial charge on any atom is -0.338 e. The summed E-state index contributed by atoms with van der Waals surface area (Å²) in [7, 11) is 0. The molecule has 2 heterocycles. The maximum Gasteiger partial charge on any atom is 0.253 e. The summed E-state index contributed by atoms with van der Waals surface area (Å²) in [5.74, 6) is -0.117. The Balaban J connectivity index is 1.60. The van der Waals surface area contributed by atoms with E-state index in [1.54, 1.807) is 24.5 Å². The zero-order valence-electron chi connectivity index (χ0n) is 14.9. The van der Waals surface area contributed by atoms with E-state index in [0.29, 0.717) is 12.1 Å². The summed E-state index contributed by atoms with van der Waals surface area (Å²) in [5.41, 5.74) is 3.17. The first-order valence-electron chi connectivity index (χ1n) is 9.13. The molecule has 0 saturated carbocycles. The van der Waals surface area contributed by atoms with Gasteiger partial charge in [-0.05, 0) is 49.2 Å². The Labute approximate surface area is 157 Å². The van der Waals surface area contributed by atoms with Crippen molar-refractivity contribution in [3.8, 4) is 11.3 Å². The third kappa shape index (κ3) is 3.72. The van der Waals surface area contributed by atoms with Crippen molar-refractivity contribution < 1.29 is 9.18 Å². The van der Waals surface area contributed by atoms with Gasteiger partial charge in [0.2, 0.25) is 0 Å². The number of carbonyl (C=O) groups is 1. The van der Waals surface area contributed by atoms with Crippen molar-refractivity contribution in [3.63, 3.8) is 0 Å². The first kappa shape index (κ1) is 17.3. The van der Waals surface area contributed by atoms with E-state index in [9.17, 15) is 9.18 Å². The number of nitrogens with zero attached hydrogens (tertiary/aromatic N) is 3. The SMILES string of the molecule is O=C(c1ccccc1)N1CCC[C@H](c2nccnc2-c2ccc(F)cc2)C1. The molecule has 4 rings (SSSR count). The minimum atomic E-state index is -0.276. The molecule has 1 saturated heterocycles. The molecule has 3 aromatic rings. The van der Waals surface area contributed by atoms with Gasteiger partial charge in [-0.15, -0.1) is 0 Å². The summed E-state index contributed by atoms with van der Waals surface area (Å²) in [5, 5.41) is 0. The van der Waals surface area contributed by atoms with Crippen LogP contribution in [0.15, 0.2) is 67.0 Å². The van der Waals surface area contributed by atoms with E-state index < -0.39 is 0 Å². The van der Waals surface area contributed by atoms with Crippen LogP contribution in [0.4, 0.5) is 4.39 Å². The van der Waals surface area contributed by atoms with E-state index in [0.717, 1.165) is 36.3 Å². The summed E-state index contributed by atoms with van der Waals surface area (Å²) in [4.78, 5) is 23.8. The fourth-order valence-electron chi connectivity index (χ4n) is 3.63. The molecule has 4 nitrogen and oxygen atoms in total. The highest BCUT2D eigenvalue weighted by atomic mass is 19.1. The van der Waals surface area contributed by atoms with Crippen molar-refractivity contribution in [3.05, 3.63) is 84.1 Å². The maximum atomic E-state index is 13.3. The number of rotatable bonds is 3. The molecule has 1 aliphatic rings. The zero-order valence-corrected chi connectivity index (χ0v) is 14.9. The first-order valence-corrected chi connectivity index (χ1v) is 9.13. The second kappa shape index (κ2) is 7.66. The molecule has 0 bridgehead atoms. The van der Waals surface area contributed by atoms with E-state index >= 15 is 0 Å². The van der Waals surface area contributed by atoms with Gasteiger partial charge in [-0.25, -0.2) is 4.39 Å². The Morgan fingerprint density at radius 1 is 1.00 bits per heavy atom. The smallest absolute Gasteiger partial charge is 0.253 e. The van der Waals surface area contributed by atoms with E-state index in [1.165, 1.54) is 12.1 Å². The van der Waals surface area contributed by atoms with Crippen molar-refractivity contribution >= 4 is 5.91 Å². The topological polar surface area (TPSA) is 46.1 Å². The average molecular weight is 361 g/mol. The predicted octanol–water partition coefficient (Wildman–Crippen LogP) is 4.30. The van der Waals surface area contributed by atoms with Crippen LogP contribution in [-0.4, -0.2) is 33.9 Å². The largest absolute Gasteiger partial charge is 0.338 e. The summed E-state index contributed by atoms with van der Waals surface area (Å²) in [6.45, 7) is 1.36. The number of hydrogen-bond acceptors (Lipinski definition) is 3. The van der Waals surface area contributed by atoms with Crippen LogP contribution in [0.1, 0.15) is 34.8 Å². The van der Waals surface area contributed by atoms with Gasteiger partial charge in [-0.2, -0.15) is 0 Å². The molecule has 1 atom stereocenters. The molecule has 1 aromatic heterocycles. The molecular formula is C22H20FN3O. The Morgan fingerprint density at radius 2 is 1.74 bits per heavy atom. The van der Waals surface area contributed by atoms with Gasteiger partial charge >= 0.3 is 0 Å². The van der Waals surface area contributed by atoms with Gasteiger partial charge in [-0.1, -0.05) is 18.2 Å². The van der Waals surface area contributed by atoms with Crippen LogP contribution in [0.5, 0.6) is 0 Å². The van der Waals surface area contributed by atoms with Crippen LogP contribution in [-0.2, 0) is 0 Å². The monoisotopic (exact) mass is 361 g/mol. The fourth-order valence-corrected chi connectivity index (χ4v) is 3.63. The lowest BCUT2D eigenvalue weighted by Gasteiger charge is -2.33. The average Bonchev–Trinajstić information content (AvgIpc) is 2.74. The summed E-state index contributed by atoms with van der Waals surface area (Å²) in [6, 6.07) is 15.7. The number of aromatic nitrogens is 2. The normalized spacial score (nSPS) is 16.9. The molecule has 0 aliphatic carbocycles. The van der Waals surface area contributed by atoms with E-state index in [4.69, 9.17) is 0 Å². The summed E-state index contributed by atoms with van der Waals surface area (Å²) >= 11 is 0. The van der Waals surface area contributed by atoms with Gasteiger partial charge in [0, 0.05) is 42.5 Å². The Kier molecular flexibility index (Phi) is 4.92. The summed E-state index contributed by atoms with van der Waals surface area (Å²) in [6.07, 6.45) is 5.20. The molecule has 0 N–H and O–H groups in total. The zero-order chi connectivity index (χ0) is 18.6. The third-order valence-corrected chi connectivity index (χ3v) is 4.96. The standard InChI is InChI=1S/C22H20FN3O/c23-19-10-8-16(9-11-19)20-21(25-13-12-24-20)18-7-4-14-26(15-18)22(27)17-5-2-1-3-6-17/h1-3,5-6,8-13,18H,4,7,14-15H2/t18-/m0/s1. The van der Waals surface area contributed by atoms with Gasteiger partial charge in [0.15, 0.2) is 0 Å². The van der Waals surface area contributed by atoms with E-state index in [-0.39, 0.29) is 17.6 Å². The second-order valence-electron chi connectivity index (χ2n) is 6.75. The lowest BCUT2D eigenvalue weighted by molar-refractivity contribution is 0.0706. The van der Waals surface area contributed by atoms with E-state index in [1.807, 2.05) is 35.2 Å². The highest BCUT2D eigenvalue weighted by molar-refractivity contribution is 5.94. The molecule has 0 radical (unpaired) electrons. The van der Waals surface area contributed by atoms with Crippen molar-refractivity contribution in [2.45, 2.75) is 18.8 Å². The third-order valence-electron chi connectivity index (χ3n) is 4.96. The number of piperidine rings is 1. The van der Waals surface area contributed by atoms with Crippen LogP contribution < -0.4 is 0 Å². The van der Waals surface area contributed by atoms with Crippen molar-refractivity contribution in [1.29, 1.82) is 0 Å². The molecule has 1 aliphatic heterocycles. The molecule has 1 fully saturated rings. The van der Waals surface area contributed by atoms with Crippen molar-refractivity contribution in [2.75, 3.05) is 13.1 Å². The lowest BCUT2D eigenvalue weighted by atomic mass is 9.91. The van der Waals surface area contributed by atoms with Gasteiger partial charge in [0.05, 0.1) is 11.4 Å². The number of hydrogen-bond donors (Lipinski definition) is 0. The van der Waals surface area contributed by atoms with Gasteiger partial charge in [0.1, 0.15) is 5.82 Å². The number of likely N-dealkylation sites (tertiary alicyclic amines) is 1. The van der Waals surface area contributed by atoms with Crippen LogP contribution in [0.3, 0.4) is 0 Å². The molecule has 0 unspecified atom stereocenters. The van der Waals surface area contributed by atoms with Gasteiger partial charge in [0.25, 0.3) is 5.91 Å². The van der Waals surface area contributed by atoms with Crippen LogP contribution in [0, 0.1) is 5.82 Å². The van der Waals surface area contributed by atoms with Crippen LogP contribution >= 0.6 is 0 Å². The minimum absolute atomic E-state index is 0.0486. The molecule has 136 valence electrons. The van der Waals surface area contributed by atoms with Gasteiger partial charge in [-0.3, -0.25) is 14.8 Å². The predicted molar refractivity (Wildman–Crippen MR) is 102 cm³/mol. The highest BCUT2D eigenvalue weighted by Gasteiger charge is 2.28. The molecule has 2 aromatic carbocycles. The first-order chi connectivity index (χ1) is 13.2. The summed E-state index contributed by atoms with van der Waals surface area (Å²) < 4.78 is 13.3. The van der Waals surface area contributed by atoms with E-state index in [2.05, 4.69) is 9.97 Å². The molecule has 27 heavy (non-hydrogen) atoms. The van der Waals surface area contributed by atoms with Crippen LogP contribution in [0.25, 0.3) is 11.3 Å². The molecular weight excluding hydrogens is 341 g/mol. The molecule has 5 heteroatoms. The van der Waals surface area contributed by atoms with Crippen molar-refractivity contribution in [2.24, 2.45) is 0 Å². The number of halogens is 1. The molecule has 0 spiro atoms. The Bertz CT molecular complexity index is 928. The highest BCUT2D eigenvalue weighted by Crippen LogP contribution is 2.32. The fraction of sp³-hybridized carbons (Fsp3) is 0.227. The van der Waals surface area contributed by atoms with Crippen LogP contribution in [0.2, 0.25) is 0 Å². The quantitative estimate of drug-likeness (QED) is 0.699. The molecule has 1 amide bonds. The Morgan fingerprint density at radius 3 is 2.52 bits per heavy atom. The van der Waals surface area contributed by atoms with Crippen molar-refractivity contribution in [1.82, 2.24) is 14.9 Å². The van der Waals surface area contributed by atoms with Gasteiger partial charge < -0.3 is 4.90 Å². The lowest BCUT2D eigenvalue weighted by Crippen LogP contribution is -2.39. The number of amides is 1. The number of benzene rings is 2. The Hall–Kier alpha value is -3.08. The number of carbonyl (C=O) groups excluding carboxylic acids is 1. The second-order valence-corrected chi connectivity index (χ2v) is 6.75.